The number of benzene rings is 2. The maximum Gasteiger partial charge on any atom is 0.283 e. The number of fused-ring (bicyclic) bond motifs is 1. The highest BCUT2D eigenvalue weighted by Gasteiger charge is 2.27. The van der Waals surface area contributed by atoms with Gasteiger partial charge in [0.1, 0.15) is 18.1 Å². The first-order chi connectivity index (χ1) is 12.7. The van der Waals surface area contributed by atoms with Crippen molar-refractivity contribution in [2.75, 3.05) is 20.3 Å². The van der Waals surface area contributed by atoms with E-state index >= 15 is 0 Å². The second-order valence-corrected chi connectivity index (χ2v) is 5.37. The molecule has 0 saturated heterocycles. The first kappa shape index (κ1) is 17.4. The second-order valence-electron chi connectivity index (χ2n) is 5.37. The summed E-state index contributed by atoms with van der Waals surface area (Å²) in [6.07, 6.45) is -0.854. The molecule has 0 radical (unpaired) electrons. The van der Waals surface area contributed by atoms with Crippen LogP contribution in [0, 0.1) is 0 Å². The monoisotopic (exact) mass is 358 g/mol. The molecule has 26 heavy (non-hydrogen) atoms. The third kappa shape index (κ3) is 4.35. The Balaban J connectivity index is 1.42. The van der Waals surface area contributed by atoms with Crippen molar-refractivity contribution in [2.24, 2.45) is 0 Å². The molecule has 136 valence electrons. The molecule has 0 unspecified atom stereocenters. The molecule has 0 aromatic heterocycles. The molecule has 0 fully saturated rings. The zero-order valence-corrected chi connectivity index (χ0v) is 14.1. The van der Waals surface area contributed by atoms with E-state index in [9.17, 15) is 9.59 Å². The first-order valence-electron chi connectivity index (χ1n) is 7.90. The van der Waals surface area contributed by atoms with Crippen LogP contribution in [-0.2, 0) is 9.59 Å². The number of nitrogens with one attached hydrogen (secondary N) is 2. The minimum Gasteiger partial charge on any atom is -0.497 e. The van der Waals surface area contributed by atoms with E-state index in [0.717, 1.165) is 0 Å². The summed E-state index contributed by atoms with van der Waals surface area (Å²) in [6.45, 7) is -0.196. The Morgan fingerprint density at radius 3 is 2.46 bits per heavy atom. The van der Waals surface area contributed by atoms with E-state index in [2.05, 4.69) is 10.9 Å². The molecule has 1 aliphatic heterocycles. The Morgan fingerprint density at radius 2 is 1.73 bits per heavy atom. The second kappa shape index (κ2) is 8.11. The summed E-state index contributed by atoms with van der Waals surface area (Å²) in [5.74, 6) is 1.23. The Bertz CT molecular complexity index is 778. The number of para-hydroxylation sites is 2. The van der Waals surface area contributed by atoms with Crippen molar-refractivity contribution >= 4 is 11.8 Å². The summed E-state index contributed by atoms with van der Waals surface area (Å²) >= 11 is 0. The van der Waals surface area contributed by atoms with Gasteiger partial charge < -0.3 is 18.9 Å². The van der Waals surface area contributed by atoms with E-state index in [4.69, 9.17) is 18.9 Å². The Hall–Kier alpha value is -3.42. The molecule has 2 aromatic rings. The van der Waals surface area contributed by atoms with Crippen molar-refractivity contribution in [2.45, 2.75) is 6.10 Å². The lowest BCUT2D eigenvalue weighted by molar-refractivity contribution is -0.135. The number of hydrazine groups is 1. The van der Waals surface area contributed by atoms with Gasteiger partial charge in [-0.2, -0.15) is 0 Å². The Kier molecular flexibility index (Phi) is 5.43. The number of rotatable bonds is 5. The van der Waals surface area contributed by atoms with Crippen molar-refractivity contribution in [1.29, 1.82) is 0 Å². The molecule has 8 heteroatoms. The fraction of sp³-hybridized carbons (Fsp3) is 0.222. The number of amides is 2. The lowest BCUT2D eigenvalue weighted by Gasteiger charge is -2.25. The molecule has 1 aliphatic rings. The quantitative estimate of drug-likeness (QED) is 0.776. The SMILES string of the molecule is COc1ccc(OCC(=O)NNC(=O)[C@H]2COc3ccccc3O2)cc1. The number of carbonyl (C=O) groups excluding carboxylic acids is 2. The third-order valence-corrected chi connectivity index (χ3v) is 3.56. The first-order valence-corrected chi connectivity index (χ1v) is 7.90. The van der Waals surface area contributed by atoms with Gasteiger partial charge in [-0.1, -0.05) is 12.1 Å². The van der Waals surface area contributed by atoms with Gasteiger partial charge in [-0.3, -0.25) is 20.4 Å². The summed E-state index contributed by atoms with van der Waals surface area (Å²) < 4.78 is 21.4. The molecular weight excluding hydrogens is 340 g/mol. The van der Waals surface area contributed by atoms with Crippen molar-refractivity contribution in [3.8, 4) is 23.0 Å². The van der Waals surface area contributed by atoms with Crippen LogP contribution in [0.3, 0.4) is 0 Å². The minimum atomic E-state index is -0.854. The van der Waals surface area contributed by atoms with E-state index < -0.39 is 17.9 Å². The molecule has 0 bridgehead atoms. The van der Waals surface area contributed by atoms with Crippen molar-refractivity contribution in [3.05, 3.63) is 48.5 Å². The molecule has 0 saturated carbocycles. The van der Waals surface area contributed by atoms with Crippen molar-refractivity contribution in [3.63, 3.8) is 0 Å². The van der Waals surface area contributed by atoms with Gasteiger partial charge in [0.05, 0.1) is 7.11 Å². The number of carbonyl (C=O) groups is 2. The largest absolute Gasteiger partial charge is 0.497 e. The summed E-state index contributed by atoms with van der Waals surface area (Å²) in [5, 5.41) is 0. The number of hydrogen-bond donors (Lipinski definition) is 2. The molecule has 3 rings (SSSR count). The van der Waals surface area contributed by atoms with E-state index in [1.54, 1.807) is 49.6 Å². The van der Waals surface area contributed by atoms with Crippen molar-refractivity contribution < 1.29 is 28.5 Å². The average molecular weight is 358 g/mol. The zero-order chi connectivity index (χ0) is 18.4. The predicted octanol–water partition coefficient (Wildman–Crippen LogP) is 1.06. The lowest BCUT2D eigenvalue weighted by atomic mass is 10.2. The van der Waals surface area contributed by atoms with Crippen LogP contribution in [-0.4, -0.2) is 38.2 Å². The van der Waals surface area contributed by atoms with Crippen LogP contribution in [0.5, 0.6) is 23.0 Å². The highest BCUT2D eigenvalue weighted by molar-refractivity contribution is 5.85. The summed E-state index contributed by atoms with van der Waals surface area (Å²) in [7, 11) is 1.56. The van der Waals surface area contributed by atoms with E-state index in [-0.39, 0.29) is 13.2 Å². The molecule has 1 heterocycles. The minimum absolute atomic E-state index is 0.0566. The summed E-state index contributed by atoms with van der Waals surface area (Å²) in [5.41, 5.74) is 4.57. The van der Waals surface area contributed by atoms with E-state index in [1.165, 1.54) is 0 Å². The van der Waals surface area contributed by atoms with Gasteiger partial charge in [0.15, 0.2) is 18.1 Å². The molecule has 2 amide bonds. The fourth-order valence-electron chi connectivity index (χ4n) is 2.22. The summed E-state index contributed by atoms with van der Waals surface area (Å²) in [4.78, 5) is 23.8. The van der Waals surface area contributed by atoms with E-state index in [0.29, 0.717) is 23.0 Å². The van der Waals surface area contributed by atoms with Crippen LogP contribution < -0.4 is 29.8 Å². The smallest absolute Gasteiger partial charge is 0.283 e. The van der Waals surface area contributed by atoms with Gasteiger partial charge >= 0.3 is 0 Å². The highest BCUT2D eigenvalue weighted by atomic mass is 16.6. The lowest BCUT2D eigenvalue weighted by Crippen LogP contribution is -2.51. The maximum atomic E-state index is 12.1. The number of ether oxygens (including phenoxy) is 4. The average Bonchev–Trinajstić information content (AvgIpc) is 2.70. The van der Waals surface area contributed by atoms with Gasteiger partial charge in [-0.25, -0.2) is 0 Å². The Labute approximate surface area is 150 Å². The van der Waals surface area contributed by atoms with Crippen LogP contribution in [0.15, 0.2) is 48.5 Å². The molecule has 0 aliphatic carbocycles. The molecular formula is C18H18N2O6. The normalized spacial score (nSPS) is 14.9. The molecule has 8 nitrogen and oxygen atoms in total. The molecule has 2 N–H and O–H groups in total. The van der Waals surface area contributed by atoms with Gasteiger partial charge in [0.25, 0.3) is 11.8 Å². The molecule has 2 aromatic carbocycles. The number of methoxy groups -OCH3 is 1. The zero-order valence-electron chi connectivity index (χ0n) is 14.1. The predicted molar refractivity (Wildman–Crippen MR) is 91.1 cm³/mol. The topological polar surface area (TPSA) is 95.1 Å². The third-order valence-electron chi connectivity index (χ3n) is 3.56. The summed E-state index contributed by atoms with van der Waals surface area (Å²) in [6, 6.07) is 13.8. The van der Waals surface area contributed by atoms with Gasteiger partial charge in [0.2, 0.25) is 6.10 Å². The fourth-order valence-corrected chi connectivity index (χ4v) is 2.22. The van der Waals surface area contributed by atoms with Crippen molar-refractivity contribution in [1.82, 2.24) is 10.9 Å². The van der Waals surface area contributed by atoms with Gasteiger partial charge in [0, 0.05) is 0 Å². The van der Waals surface area contributed by atoms with Gasteiger partial charge in [-0.15, -0.1) is 0 Å². The van der Waals surface area contributed by atoms with E-state index in [1.807, 2.05) is 6.07 Å². The maximum absolute atomic E-state index is 12.1. The molecule has 0 spiro atoms. The Morgan fingerprint density at radius 1 is 1.04 bits per heavy atom. The van der Waals surface area contributed by atoms with Crippen LogP contribution in [0.1, 0.15) is 0 Å². The van der Waals surface area contributed by atoms with Crippen LogP contribution in [0.2, 0.25) is 0 Å². The standard InChI is InChI=1S/C18H18N2O6/c1-23-12-6-8-13(9-7-12)24-11-17(21)19-20-18(22)16-10-25-14-4-2-3-5-15(14)26-16/h2-9,16H,10-11H2,1H3,(H,19,21)(H,20,22)/t16-/m1/s1. The number of hydrogen-bond acceptors (Lipinski definition) is 6. The van der Waals surface area contributed by atoms with Crippen LogP contribution in [0.4, 0.5) is 0 Å². The highest BCUT2D eigenvalue weighted by Crippen LogP contribution is 2.30. The molecule has 1 atom stereocenters. The van der Waals surface area contributed by atoms with Crippen LogP contribution in [0.25, 0.3) is 0 Å². The van der Waals surface area contributed by atoms with Gasteiger partial charge in [-0.05, 0) is 36.4 Å². The van der Waals surface area contributed by atoms with Crippen LogP contribution >= 0.6 is 0 Å².